The van der Waals surface area contributed by atoms with Crippen LogP contribution in [0.4, 0.5) is 0 Å². The Bertz CT molecular complexity index is 623. The Hall–Kier alpha value is -1.39. The van der Waals surface area contributed by atoms with Crippen LogP contribution >= 0.6 is 0 Å². The highest BCUT2D eigenvalue weighted by molar-refractivity contribution is 7.89. The molecule has 21 heavy (non-hydrogen) atoms. The van der Waals surface area contributed by atoms with Gasteiger partial charge in [0.25, 0.3) is 0 Å². The summed E-state index contributed by atoms with van der Waals surface area (Å²) >= 11 is 0. The van der Waals surface area contributed by atoms with Crippen LogP contribution in [0.3, 0.4) is 0 Å². The van der Waals surface area contributed by atoms with Gasteiger partial charge in [-0.1, -0.05) is 11.8 Å². The molecule has 0 amide bonds. The first-order valence-electron chi connectivity index (χ1n) is 6.98. The largest absolute Gasteiger partial charge is 0.378 e. The Morgan fingerprint density at radius 2 is 2.00 bits per heavy atom. The van der Waals surface area contributed by atoms with Gasteiger partial charge in [0.1, 0.15) is 0 Å². The van der Waals surface area contributed by atoms with Crippen LogP contribution in [0, 0.1) is 11.8 Å². The van der Waals surface area contributed by atoms with Gasteiger partial charge in [-0.3, -0.25) is 0 Å². The molecule has 0 unspecified atom stereocenters. The lowest BCUT2D eigenvalue weighted by Crippen LogP contribution is -2.47. The van der Waals surface area contributed by atoms with E-state index in [4.69, 9.17) is 10.5 Å². The van der Waals surface area contributed by atoms with Crippen molar-refractivity contribution in [1.29, 1.82) is 0 Å². The minimum atomic E-state index is -3.47. The summed E-state index contributed by atoms with van der Waals surface area (Å²) in [5.41, 5.74) is 6.04. The first kappa shape index (κ1) is 16.0. The first-order chi connectivity index (χ1) is 10.0. The van der Waals surface area contributed by atoms with E-state index in [-0.39, 0.29) is 23.6 Å². The minimum absolute atomic E-state index is 0.0386. The second-order valence-electron chi connectivity index (χ2n) is 4.90. The summed E-state index contributed by atoms with van der Waals surface area (Å²) in [6.07, 6.45) is 1.64. The van der Waals surface area contributed by atoms with Crippen molar-refractivity contribution in [3.8, 4) is 11.8 Å². The second kappa shape index (κ2) is 7.05. The fourth-order valence-corrected chi connectivity index (χ4v) is 3.45. The summed E-state index contributed by atoms with van der Waals surface area (Å²) in [6.45, 7) is 2.88. The van der Waals surface area contributed by atoms with Gasteiger partial charge < -0.3 is 10.5 Å². The van der Waals surface area contributed by atoms with Gasteiger partial charge in [-0.15, -0.1) is 0 Å². The van der Waals surface area contributed by atoms with Crippen molar-refractivity contribution in [3.63, 3.8) is 0 Å². The molecule has 6 heteroatoms. The van der Waals surface area contributed by atoms with Crippen molar-refractivity contribution in [2.45, 2.75) is 36.8 Å². The lowest BCUT2D eigenvalue weighted by molar-refractivity contribution is -0.00475. The second-order valence-corrected chi connectivity index (χ2v) is 6.61. The molecule has 0 aromatic heterocycles. The molecule has 0 heterocycles. The van der Waals surface area contributed by atoms with Gasteiger partial charge in [0.2, 0.25) is 10.0 Å². The topological polar surface area (TPSA) is 81.4 Å². The van der Waals surface area contributed by atoms with Gasteiger partial charge >= 0.3 is 0 Å². The SMILES string of the molecule is CCOC1CC(NS(=O)(=O)c2ccc(C#CCN)cc2)C1. The molecule has 1 aliphatic rings. The third-order valence-corrected chi connectivity index (χ3v) is 4.85. The third kappa shape index (κ3) is 4.29. The average Bonchev–Trinajstić information content (AvgIpc) is 2.43. The van der Waals surface area contributed by atoms with E-state index < -0.39 is 10.0 Å². The average molecular weight is 308 g/mol. The van der Waals surface area contributed by atoms with Crippen LogP contribution in [0.2, 0.25) is 0 Å². The van der Waals surface area contributed by atoms with Gasteiger partial charge in [-0.2, -0.15) is 0 Å². The summed E-state index contributed by atoms with van der Waals surface area (Å²) in [5, 5.41) is 0. The Morgan fingerprint density at radius 1 is 1.33 bits per heavy atom. The number of rotatable bonds is 5. The number of hydrogen-bond acceptors (Lipinski definition) is 4. The van der Waals surface area contributed by atoms with Gasteiger partial charge in [0.05, 0.1) is 17.5 Å². The molecule has 1 aromatic carbocycles. The van der Waals surface area contributed by atoms with Crippen LogP contribution < -0.4 is 10.5 Å². The van der Waals surface area contributed by atoms with Crippen LogP contribution in [-0.2, 0) is 14.8 Å². The molecular weight excluding hydrogens is 288 g/mol. The maximum Gasteiger partial charge on any atom is 0.240 e. The van der Waals surface area contributed by atoms with Crippen molar-refractivity contribution >= 4 is 10.0 Å². The lowest BCUT2D eigenvalue weighted by atomic mass is 9.90. The van der Waals surface area contributed by atoms with Crippen molar-refractivity contribution in [1.82, 2.24) is 4.72 Å². The van der Waals surface area contributed by atoms with Crippen LogP contribution in [0.15, 0.2) is 29.2 Å². The molecule has 1 fully saturated rings. The Labute approximate surface area is 125 Å². The van der Waals surface area contributed by atoms with E-state index in [9.17, 15) is 8.42 Å². The van der Waals surface area contributed by atoms with E-state index in [0.29, 0.717) is 6.61 Å². The van der Waals surface area contributed by atoms with Gasteiger partial charge in [0, 0.05) is 18.2 Å². The van der Waals surface area contributed by atoms with Gasteiger partial charge in [-0.25, -0.2) is 13.1 Å². The van der Waals surface area contributed by atoms with Crippen molar-refractivity contribution in [3.05, 3.63) is 29.8 Å². The number of nitrogens with one attached hydrogen (secondary N) is 1. The van der Waals surface area contributed by atoms with E-state index >= 15 is 0 Å². The molecular formula is C15H20N2O3S. The molecule has 0 saturated heterocycles. The number of ether oxygens (including phenoxy) is 1. The van der Waals surface area contributed by atoms with Gasteiger partial charge in [0.15, 0.2) is 0 Å². The van der Waals surface area contributed by atoms with Crippen LogP contribution in [0.1, 0.15) is 25.3 Å². The maximum atomic E-state index is 12.2. The summed E-state index contributed by atoms with van der Waals surface area (Å²) in [5.74, 6) is 5.59. The molecule has 1 aromatic rings. The molecule has 114 valence electrons. The smallest absolute Gasteiger partial charge is 0.240 e. The van der Waals surface area contributed by atoms with E-state index in [2.05, 4.69) is 16.6 Å². The van der Waals surface area contributed by atoms with E-state index in [1.165, 1.54) is 0 Å². The molecule has 0 spiro atoms. The standard InChI is InChI=1S/C15H20N2O3S/c1-2-20-14-10-13(11-14)17-21(18,19)15-7-5-12(6-8-15)4-3-9-16/h5-8,13-14,17H,2,9-11,16H2,1H3. The van der Waals surface area contributed by atoms with Gasteiger partial charge in [-0.05, 0) is 44.0 Å². The third-order valence-electron chi connectivity index (χ3n) is 3.32. The molecule has 0 bridgehead atoms. The highest BCUT2D eigenvalue weighted by Gasteiger charge is 2.33. The Balaban J connectivity index is 1.97. The normalized spacial score (nSPS) is 21.2. The van der Waals surface area contributed by atoms with E-state index in [0.717, 1.165) is 18.4 Å². The van der Waals surface area contributed by atoms with Crippen LogP contribution in [-0.4, -0.2) is 33.7 Å². The van der Waals surface area contributed by atoms with E-state index in [1.807, 2.05) is 6.92 Å². The molecule has 0 radical (unpaired) electrons. The predicted molar refractivity (Wildman–Crippen MR) is 81.1 cm³/mol. The fourth-order valence-electron chi connectivity index (χ4n) is 2.19. The number of hydrogen-bond donors (Lipinski definition) is 2. The first-order valence-corrected chi connectivity index (χ1v) is 8.46. The molecule has 0 atom stereocenters. The predicted octanol–water partition coefficient (Wildman–Crippen LogP) is 0.843. The highest BCUT2D eigenvalue weighted by atomic mass is 32.2. The minimum Gasteiger partial charge on any atom is -0.378 e. The quantitative estimate of drug-likeness (QED) is 0.790. The molecule has 3 N–H and O–H groups in total. The molecule has 1 saturated carbocycles. The number of nitrogens with two attached hydrogens (primary N) is 1. The number of benzene rings is 1. The van der Waals surface area contributed by atoms with Crippen LogP contribution in [0.25, 0.3) is 0 Å². The fraction of sp³-hybridized carbons (Fsp3) is 0.467. The molecule has 5 nitrogen and oxygen atoms in total. The van der Waals surface area contributed by atoms with Crippen molar-refractivity contribution in [2.24, 2.45) is 5.73 Å². The molecule has 1 aliphatic carbocycles. The summed E-state index contributed by atoms with van der Waals surface area (Å²) in [7, 11) is -3.47. The van der Waals surface area contributed by atoms with E-state index in [1.54, 1.807) is 24.3 Å². The summed E-state index contributed by atoms with van der Waals surface area (Å²) in [6, 6.07) is 6.44. The van der Waals surface area contributed by atoms with Crippen LogP contribution in [0.5, 0.6) is 0 Å². The maximum absolute atomic E-state index is 12.2. The highest BCUT2D eigenvalue weighted by Crippen LogP contribution is 2.25. The number of sulfonamides is 1. The van der Waals surface area contributed by atoms with Crippen molar-refractivity contribution in [2.75, 3.05) is 13.2 Å². The van der Waals surface area contributed by atoms with Crippen molar-refractivity contribution < 1.29 is 13.2 Å². The summed E-state index contributed by atoms with van der Waals surface area (Å²) in [4.78, 5) is 0.251. The zero-order valence-corrected chi connectivity index (χ0v) is 12.8. The summed E-state index contributed by atoms with van der Waals surface area (Å²) < 4.78 is 32.6. The zero-order chi connectivity index (χ0) is 15.3. The monoisotopic (exact) mass is 308 g/mol. The lowest BCUT2D eigenvalue weighted by Gasteiger charge is -2.35. The Morgan fingerprint density at radius 3 is 2.57 bits per heavy atom. The zero-order valence-electron chi connectivity index (χ0n) is 12.0. The molecule has 2 rings (SSSR count). The molecule has 0 aliphatic heterocycles. The Kier molecular flexibility index (Phi) is 5.37.